The zero-order valence-corrected chi connectivity index (χ0v) is 26.1. The van der Waals surface area contributed by atoms with Gasteiger partial charge in [-0.15, -0.1) is 0 Å². The van der Waals surface area contributed by atoms with Gasteiger partial charge in [-0.25, -0.2) is 0 Å². The molecule has 6 heteroatoms. The highest BCUT2D eigenvalue weighted by Crippen LogP contribution is 2.25. The first-order valence-electron chi connectivity index (χ1n) is 16.1. The highest BCUT2D eigenvalue weighted by molar-refractivity contribution is 5.96. The molecular weight excluding hydrogens is 508 g/mol. The van der Waals surface area contributed by atoms with Gasteiger partial charge in [-0.3, -0.25) is 14.5 Å². The molecule has 0 bridgehead atoms. The molecule has 4 rings (SSSR count). The Labute approximate surface area is 248 Å². The maximum Gasteiger partial charge on any atom is 0.279 e. The summed E-state index contributed by atoms with van der Waals surface area (Å²) >= 11 is 0. The van der Waals surface area contributed by atoms with Crippen LogP contribution in [0.1, 0.15) is 86.5 Å². The van der Waals surface area contributed by atoms with Crippen LogP contribution in [0.15, 0.2) is 36.4 Å². The van der Waals surface area contributed by atoms with Crippen molar-refractivity contribution in [3.63, 3.8) is 0 Å². The molecule has 2 aromatic rings. The molecule has 2 aromatic carbocycles. The second-order valence-corrected chi connectivity index (χ2v) is 12.8. The van der Waals surface area contributed by atoms with E-state index in [0.717, 1.165) is 103 Å². The first-order chi connectivity index (χ1) is 19.8. The minimum absolute atomic E-state index is 0.0414. The van der Waals surface area contributed by atoms with E-state index in [-0.39, 0.29) is 17.9 Å². The maximum atomic E-state index is 13.3. The van der Waals surface area contributed by atoms with E-state index in [1.54, 1.807) is 0 Å². The Morgan fingerprint density at radius 3 is 1.95 bits per heavy atom. The van der Waals surface area contributed by atoms with Gasteiger partial charge in [0.15, 0.2) is 6.54 Å². The number of aryl methyl sites for hydroxylation is 4. The van der Waals surface area contributed by atoms with E-state index in [2.05, 4.69) is 67.5 Å². The molecule has 2 aliphatic heterocycles. The highest BCUT2D eigenvalue weighted by atomic mass is 16.2. The van der Waals surface area contributed by atoms with Crippen molar-refractivity contribution in [1.82, 2.24) is 4.90 Å². The van der Waals surface area contributed by atoms with Crippen LogP contribution in [0.3, 0.4) is 0 Å². The number of hydrogen-bond donors (Lipinski definition) is 2. The van der Waals surface area contributed by atoms with E-state index in [4.69, 9.17) is 0 Å². The molecule has 0 radical (unpaired) electrons. The Bertz CT molecular complexity index is 1130. The Hall–Kier alpha value is -2.70. The van der Waals surface area contributed by atoms with Crippen molar-refractivity contribution >= 4 is 23.2 Å². The number of piperidine rings is 1. The average Bonchev–Trinajstić information content (AvgIpc) is 3.18. The first-order valence-corrected chi connectivity index (χ1v) is 16.1. The average molecular weight is 562 g/mol. The summed E-state index contributed by atoms with van der Waals surface area (Å²) in [6, 6.07) is 12.3. The largest absolute Gasteiger partial charge is 0.324 e. The lowest BCUT2D eigenvalue weighted by atomic mass is 10.00. The van der Waals surface area contributed by atoms with E-state index >= 15 is 0 Å². The van der Waals surface area contributed by atoms with Gasteiger partial charge in [0, 0.05) is 11.4 Å². The summed E-state index contributed by atoms with van der Waals surface area (Å²) < 4.78 is 0.918. The summed E-state index contributed by atoms with van der Waals surface area (Å²) in [7, 11) is 0. The van der Waals surface area contributed by atoms with Gasteiger partial charge in [-0.2, -0.15) is 0 Å². The third-order valence-electron chi connectivity index (χ3n) is 9.46. The Balaban J connectivity index is 1.29. The van der Waals surface area contributed by atoms with Crippen LogP contribution in [0, 0.1) is 27.7 Å². The number of para-hydroxylation sites is 2. The number of quaternary nitrogens is 1. The van der Waals surface area contributed by atoms with Crippen LogP contribution in [-0.4, -0.2) is 66.5 Å². The minimum atomic E-state index is -0.0414. The van der Waals surface area contributed by atoms with E-state index in [1.165, 1.54) is 32.1 Å². The summed E-state index contributed by atoms with van der Waals surface area (Å²) in [6.07, 6.45) is 11.6. The maximum absolute atomic E-state index is 13.3. The van der Waals surface area contributed by atoms with Crippen molar-refractivity contribution < 1.29 is 14.1 Å². The van der Waals surface area contributed by atoms with Crippen molar-refractivity contribution in [2.45, 2.75) is 97.9 Å². The smallest absolute Gasteiger partial charge is 0.279 e. The molecule has 0 aromatic heterocycles. The van der Waals surface area contributed by atoms with Gasteiger partial charge < -0.3 is 15.1 Å². The quantitative estimate of drug-likeness (QED) is 0.231. The number of benzene rings is 2. The number of nitrogens with zero attached hydrogens (tertiary/aromatic N) is 2. The normalized spacial score (nSPS) is 19.4. The van der Waals surface area contributed by atoms with Crippen LogP contribution in [0.4, 0.5) is 11.4 Å². The Kier molecular flexibility index (Phi) is 11.4. The highest BCUT2D eigenvalue weighted by Gasteiger charge is 2.32. The lowest BCUT2D eigenvalue weighted by Crippen LogP contribution is -2.53. The second kappa shape index (κ2) is 15.0. The first kappa shape index (κ1) is 31.2. The minimum Gasteiger partial charge on any atom is -0.324 e. The number of nitrogens with one attached hydrogen (secondary N) is 2. The van der Waals surface area contributed by atoms with Crippen LogP contribution in [0.25, 0.3) is 0 Å². The number of unbranched alkanes of at least 4 members (excludes halogenated alkanes) is 2. The SMILES string of the molecule is Cc1cccc(C)c1NC(=O)C[N+]1(CCCCCN2CCCCC2C(=O)Nc2c(C)cccc2C)CCCCCC1. The summed E-state index contributed by atoms with van der Waals surface area (Å²) in [4.78, 5) is 29.1. The summed E-state index contributed by atoms with van der Waals surface area (Å²) in [5.74, 6) is 0.293. The molecule has 0 spiro atoms. The fourth-order valence-corrected chi connectivity index (χ4v) is 7.03. The zero-order valence-electron chi connectivity index (χ0n) is 26.1. The van der Waals surface area contributed by atoms with Crippen molar-refractivity contribution in [3.8, 4) is 0 Å². The second-order valence-electron chi connectivity index (χ2n) is 12.8. The van der Waals surface area contributed by atoms with Crippen molar-refractivity contribution in [3.05, 3.63) is 58.7 Å². The van der Waals surface area contributed by atoms with E-state index in [0.29, 0.717) is 6.54 Å². The summed E-state index contributed by atoms with van der Waals surface area (Å²) in [5, 5.41) is 6.51. The van der Waals surface area contributed by atoms with Crippen molar-refractivity contribution in [2.75, 3.05) is 49.9 Å². The molecule has 41 heavy (non-hydrogen) atoms. The van der Waals surface area contributed by atoms with Gasteiger partial charge in [0.05, 0.1) is 25.7 Å². The van der Waals surface area contributed by atoms with Gasteiger partial charge in [0.2, 0.25) is 5.91 Å². The topological polar surface area (TPSA) is 61.4 Å². The molecule has 2 amide bonds. The molecular formula is C35H53N4O2+. The molecule has 224 valence electrons. The third kappa shape index (κ3) is 8.65. The van der Waals surface area contributed by atoms with Gasteiger partial charge in [-0.1, -0.05) is 42.8 Å². The number of hydrogen-bond acceptors (Lipinski definition) is 3. The number of anilines is 2. The van der Waals surface area contributed by atoms with Gasteiger partial charge in [0.25, 0.3) is 5.91 Å². The van der Waals surface area contributed by atoms with Gasteiger partial charge in [0.1, 0.15) is 0 Å². The molecule has 2 aliphatic rings. The zero-order chi connectivity index (χ0) is 29.2. The third-order valence-corrected chi connectivity index (χ3v) is 9.46. The van der Waals surface area contributed by atoms with Crippen LogP contribution in [0.5, 0.6) is 0 Å². The predicted octanol–water partition coefficient (Wildman–Crippen LogP) is 6.91. The molecule has 1 atom stereocenters. The van der Waals surface area contributed by atoms with Crippen molar-refractivity contribution in [2.24, 2.45) is 0 Å². The van der Waals surface area contributed by atoms with Crippen LogP contribution in [-0.2, 0) is 9.59 Å². The molecule has 0 aliphatic carbocycles. The van der Waals surface area contributed by atoms with E-state index in [1.807, 2.05) is 12.1 Å². The Morgan fingerprint density at radius 2 is 1.34 bits per heavy atom. The molecule has 6 nitrogen and oxygen atoms in total. The Morgan fingerprint density at radius 1 is 0.756 bits per heavy atom. The van der Waals surface area contributed by atoms with Gasteiger partial charge in [-0.05, 0) is 121 Å². The number of amides is 2. The molecule has 2 heterocycles. The van der Waals surface area contributed by atoms with Gasteiger partial charge >= 0.3 is 0 Å². The van der Waals surface area contributed by atoms with Crippen LogP contribution >= 0.6 is 0 Å². The monoisotopic (exact) mass is 561 g/mol. The number of rotatable bonds is 11. The fraction of sp³-hybridized carbons (Fsp3) is 0.600. The fourth-order valence-electron chi connectivity index (χ4n) is 7.03. The molecule has 2 N–H and O–H groups in total. The van der Waals surface area contributed by atoms with Crippen LogP contribution in [0.2, 0.25) is 0 Å². The lowest BCUT2D eigenvalue weighted by Gasteiger charge is -2.38. The van der Waals surface area contributed by atoms with Crippen molar-refractivity contribution in [1.29, 1.82) is 0 Å². The number of carbonyl (C=O) groups is 2. The summed E-state index contributed by atoms with van der Waals surface area (Å²) in [5.41, 5.74) is 6.43. The molecule has 2 saturated heterocycles. The number of likely N-dealkylation sites (tertiary alicyclic amines) is 2. The molecule has 2 fully saturated rings. The van der Waals surface area contributed by atoms with E-state index in [9.17, 15) is 9.59 Å². The summed E-state index contributed by atoms with van der Waals surface area (Å²) in [6.45, 7) is 14.1. The lowest BCUT2D eigenvalue weighted by molar-refractivity contribution is -0.920. The molecule has 0 saturated carbocycles. The molecule has 1 unspecified atom stereocenters. The van der Waals surface area contributed by atoms with Crippen LogP contribution < -0.4 is 10.6 Å². The standard InChI is InChI=1S/C35H52N4O2/c1-27-16-14-17-28(2)33(27)36-32(40)26-39(23-11-5-6-12-24-39)25-13-7-9-21-38-22-10-8-20-31(38)35(41)37-34-29(3)18-15-19-30(34)4/h14-19,31H,5-13,20-26H2,1-4H3,(H-,36,37,40,41)/p+1. The van der Waals surface area contributed by atoms with E-state index < -0.39 is 0 Å². The predicted molar refractivity (Wildman–Crippen MR) is 170 cm³/mol. The number of carbonyl (C=O) groups excluding carboxylic acids is 2.